The number of benzene rings is 2. The Hall–Kier alpha value is -3.81. The van der Waals surface area contributed by atoms with Gasteiger partial charge in [-0.05, 0) is 36.4 Å². The number of carbonyl (C=O) groups excluding carboxylic acids is 1. The largest absolute Gasteiger partial charge is 0.508 e. The number of methoxy groups -OCH3 is 1. The highest BCUT2D eigenvalue weighted by molar-refractivity contribution is 5.98. The zero-order valence-corrected chi connectivity index (χ0v) is 13.8. The molecule has 0 radical (unpaired) electrons. The molecule has 0 aliphatic heterocycles. The highest BCUT2D eigenvalue weighted by Crippen LogP contribution is 2.23. The van der Waals surface area contributed by atoms with Gasteiger partial charge in [0.2, 0.25) is 0 Å². The fourth-order valence-corrected chi connectivity index (χ4v) is 2.31. The number of aromatic amines is 1. The van der Waals surface area contributed by atoms with Crippen LogP contribution in [-0.2, 0) is 0 Å². The number of aromatic nitrogens is 2. The molecule has 132 valence electrons. The van der Waals surface area contributed by atoms with Crippen molar-refractivity contribution in [3.05, 3.63) is 59.8 Å². The Morgan fingerprint density at radius 3 is 2.69 bits per heavy atom. The molecule has 0 saturated heterocycles. The minimum absolute atomic E-state index is 0.00233. The molecule has 8 nitrogen and oxygen atoms in total. The summed E-state index contributed by atoms with van der Waals surface area (Å²) in [4.78, 5) is 12.0. The van der Waals surface area contributed by atoms with Crippen molar-refractivity contribution in [1.82, 2.24) is 15.6 Å². The molecule has 8 heteroatoms. The van der Waals surface area contributed by atoms with Gasteiger partial charge in [0.15, 0.2) is 0 Å². The van der Waals surface area contributed by atoms with Crippen molar-refractivity contribution in [3.63, 3.8) is 0 Å². The molecule has 0 spiro atoms. The van der Waals surface area contributed by atoms with Crippen molar-refractivity contribution in [2.24, 2.45) is 5.10 Å². The SMILES string of the molecule is COc1ccc(-c2[nH]ncc2/C=N\NC(=O)c2ccc(O)cc2O)cc1. The lowest BCUT2D eigenvalue weighted by Gasteiger charge is -2.04. The van der Waals surface area contributed by atoms with Gasteiger partial charge in [0.05, 0.1) is 30.8 Å². The molecule has 1 heterocycles. The van der Waals surface area contributed by atoms with Gasteiger partial charge in [-0.2, -0.15) is 10.2 Å². The van der Waals surface area contributed by atoms with E-state index in [0.29, 0.717) is 5.56 Å². The van der Waals surface area contributed by atoms with Gasteiger partial charge in [0.1, 0.15) is 17.2 Å². The molecule has 3 rings (SSSR count). The zero-order chi connectivity index (χ0) is 18.5. The first-order valence-electron chi connectivity index (χ1n) is 7.61. The molecule has 0 atom stereocenters. The number of phenols is 2. The van der Waals surface area contributed by atoms with Crippen molar-refractivity contribution in [3.8, 4) is 28.5 Å². The van der Waals surface area contributed by atoms with Crippen LogP contribution in [0.3, 0.4) is 0 Å². The summed E-state index contributed by atoms with van der Waals surface area (Å²) in [7, 11) is 1.60. The lowest BCUT2D eigenvalue weighted by Crippen LogP contribution is -2.17. The summed E-state index contributed by atoms with van der Waals surface area (Å²) in [5, 5.41) is 29.7. The number of nitrogens with zero attached hydrogens (tertiary/aromatic N) is 2. The number of nitrogens with one attached hydrogen (secondary N) is 2. The van der Waals surface area contributed by atoms with Gasteiger partial charge in [-0.25, -0.2) is 5.43 Å². The average molecular weight is 352 g/mol. The molecule has 0 unspecified atom stereocenters. The topological polar surface area (TPSA) is 120 Å². The fraction of sp³-hybridized carbons (Fsp3) is 0.0556. The van der Waals surface area contributed by atoms with E-state index in [0.717, 1.165) is 23.1 Å². The summed E-state index contributed by atoms with van der Waals surface area (Å²) >= 11 is 0. The Balaban J connectivity index is 1.73. The number of hydrogen-bond acceptors (Lipinski definition) is 6. The highest BCUT2D eigenvalue weighted by atomic mass is 16.5. The van der Waals surface area contributed by atoms with E-state index in [9.17, 15) is 15.0 Å². The third kappa shape index (κ3) is 3.64. The first-order chi connectivity index (χ1) is 12.6. The second-order valence-electron chi connectivity index (χ2n) is 5.33. The average Bonchev–Trinajstić information content (AvgIpc) is 3.10. The van der Waals surface area contributed by atoms with Gasteiger partial charge in [-0.15, -0.1) is 0 Å². The first kappa shape index (κ1) is 17.0. The van der Waals surface area contributed by atoms with E-state index >= 15 is 0 Å². The third-order valence-electron chi connectivity index (χ3n) is 3.64. The zero-order valence-electron chi connectivity index (χ0n) is 13.8. The molecular formula is C18H16N4O4. The van der Waals surface area contributed by atoms with Crippen molar-refractivity contribution in [2.75, 3.05) is 7.11 Å². The lowest BCUT2D eigenvalue weighted by molar-refractivity contribution is 0.0952. The molecule has 4 N–H and O–H groups in total. The molecule has 1 amide bonds. The summed E-state index contributed by atoms with van der Waals surface area (Å²) in [6, 6.07) is 11.1. The van der Waals surface area contributed by atoms with Crippen LogP contribution in [0.15, 0.2) is 53.8 Å². The Bertz CT molecular complexity index is 948. The number of carbonyl (C=O) groups is 1. The van der Waals surface area contributed by atoms with Crippen LogP contribution < -0.4 is 10.2 Å². The smallest absolute Gasteiger partial charge is 0.275 e. The predicted octanol–water partition coefficient (Wildman–Crippen LogP) is 2.26. The molecule has 0 bridgehead atoms. The summed E-state index contributed by atoms with van der Waals surface area (Å²) in [5.41, 5.74) is 4.61. The van der Waals surface area contributed by atoms with Gasteiger partial charge >= 0.3 is 0 Å². The van der Waals surface area contributed by atoms with E-state index in [2.05, 4.69) is 20.7 Å². The van der Waals surface area contributed by atoms with Crippen LogP contribution in [0.25, 0.3) is 11.3 Å². The second kappa shape index (κ2) is 7.39. The Morgan fingerprint density at radius 1 is 1.23 bits per heavy atom. The number of ether oxygens (including phenoxy) is 1. The van der Waals surface area contributed by atoms with Gasteiger partial charge in [0.25, 0.3) is 5.91 Å². The number of hydrogen-bond donors (Lipinski definition) is 4. The van der Waals surface area contributed by atoms with Crippen molar-refractivity contribution < 1.29 is 19.7 Å². The van der Waals surface area contributed by atoms with Gasteiger partial charge in [-0.1, -0.05) is 0 Å². The van der Waals surface area contributed by atoms with Crippen LogP contribution in [0.4, 0.5) is 0 Å². The highest BCUT2D eigenvalue weighted by Gasteiger charge is 2.11. The van der Waals surface area contributed by atoms with Crippen LogP contribution in [-0.4, -0.2) is 39.6 Å². The van der Waals surface area contributed by atoms with Crippen LogP contribution in [0.2, 0.25) is 0 Å². The molecule has 1 aromatic heterocycles. The van der Waals surface area contributed by atoms with E-state index < -0.39 is 5.91 Å². The van der Waals surface area contributed by atoms with E-state index in [1.54, 1.807) is 13.3 Å². The molecule has 2 aromatic carbocycles. The Morgan fingerprint density at radius 2 is 2.00 bits per heavy atom. The summed E-state index contributed by atoms with van der Waals surface area (Å²) in [6.45, 7) is 0. The molecule has 0 saturated carbocycles. The predicted molar refractivity (Wildman–Crippen MR) is 95.4 cm³/mol. The third-order valence-corrected chi connectivity index (χ3v) is 3.64. The minimum Gasteiger partial charge on any atom is -0.508 e. The number of aromatic hydroxyl groups is 2. The normalized spacial score (nSPS) is 10.8. The van der Waals surface area contributed by atoms with Crippen molar-refractivity contribution in [1.29, 1.82) is 0 Å². The maximum Gasteiger partial charge on any atom is 0.275 e. The Kier molecular flexibility index (Phi) is 4.84. The maximum absolute atomic E-state index is 12.0. The van der Waals surface area contributed by atoms with Gasteiger partial charge in [0, 0.05) is 17.2 Å². The number of hydrazone groups is 1. The van der Waals surface area contributed by atoms with Gasteiger partial charge in [-0.3, -0.25) is 9.89 Å². The number of H-pyrrole nitrogens is 1. The van der Waals surface area contributed by atoms with E-state index in [4.69, 9.17) is 4.74 Å². The van der Waals surface area contributed by atoms with Crippen molar-refractivity contribution >= 4 is 12.1 Å². The quantitative estimate of drug-likeness (QED) is 0.415. The van der Waals surface area contributed by atoms with E-state index in [1.165, 1.54) is 18.3 Å². The summed E-state index contributed by atoms with van der Waals surface area (Å²) in [6.07, 6.45) is 3.02. The van der Waals surface area contributed by atoms with Crippen LogP contribution in [0.1, 0.15) is 15.9 Å². The van der Waals surface area contributed by atoms with E-state index in [-0.39, 0.29) is 17.1 Å². The second-order valence-corrected chi connectivity index (χ2v) is 5.33. The molecule has 0 aliphatic rings. The Labute approximate surface area is 148 Å². The number of amides is 1. The standard InChI is InChI=1S/C18H16N4O4/c1-26-14-5-2-11(3-6-14)17-12(9-19-21-17)10-20-22-18(25)15-7-4-13(23)8-16(15)24/h2-10,23-24H,1H3,(H,19,21)(H,22,25)/b20-10-. The minimum atomic E-state index is -0.603. The summed E-state index contributed by atoms with van der Waals surface area (Å²) < 4.78 is 5.13. The van der Waals surface area contributed by atoms with Crippen LogP contribution in [0, 0.1) is 0 Å². The molecule has 3 aromatic rings. The lowest BCUT2D eigenvalue weighted by atomic mass is 10.1. The monoisotopic (exact) mass is 352 g/mol. The molecule has 0 aliphatic carbocycles. The summed E-state index contributed by atoms with van der Waals surface area (Å²) in [5.74, 6) is -0.331. The van der Waals surface area contributed by atoms with Gasteiger partial charge < -0.3 is 14.9 Å². The first-order valence-corrected chi connectivity index (χ1v) is 7.61. The molecular weight excluding hydrogens is 336 g/mol. The molecule has 0 fully saturated rings. The van der Waals surface area contributed by atoms with Crippen LogP contribution >= 0.6 is 0 Å². The number of phenolic OH excluding ortho intramolecular Hbond substituents is 2. The maximum atomic E-state index is 12.0. The van der Waals surface area contributed by atoms with Crippen molar-refractivity contribution in [2.45, 2.75) is 0 Å². The fourth-order valence-electron chi connectivity index (χ4n) is 2.31. The van der Waals surface area contributed by atoms with E-state index in [1.807, 2.05) is 24.3 Å². The number of rotatable bonds is 5. The molecule has 26 heavy (non-hydrogen) atoms. The van der Waals surface area contributed by atoms with Crippen LogP contribution in [0.5, 0.6) is 17.2 Å².